The number of aromatic amines is 1. The monoisotopic (exact) mass is 713 g/mol. The molecule has 2 bridgehead atoms. The van der Waals surface area contributed by atoms with Crippen LogP contribution in [0.2, 0.25) is 5.02 Å². The predicted octanol–water partition coefficient (Wildman–Crippen LogP) is 5.92. The van der Waals surface area contributed by atoms with Crippen molar-refractivity contribution in [3.05, 3.63) is 72.1 Å². The molecule has 3 aromatic rings. The van der Waals surface area contributed by atoms with E-state index in [9.17, 15) is 19.2 Å². The second kappa shape index (κ2) is 11.0. The topological polar surface area (TPSA) is 99.8 Å². The number of aromatic nitrogens is 1. The number of hydrogen-bond acceptors (Lipinski definition) is 7. The Labute approximate surface area is 275 Å². The summed E-state index contributed by atoms with van der Waals surface area (Å²) in [5.74, 6) is -0.858. The Morgan fingerprint density at radius 1 is 1.00 bits per heavy atom. The van der Waals surface area contributed by atoms with Gasteiger partial charge in [-0.05, 0) is 85.9 Å². The number of carbonyl (C=O) groups is 3. The summed E-state index contributed by atoms with van der Waals surface area (Å²) >= 11 is 12.9. The molecule has 3 aliphatic heterocycles. The van der Waals surface area contributed by atoms with Crippen molar-refractivity contribution in [3.63, 3.8) is 0 Å². The first-order valence-corrected chi connectivity index (χ1v) is 17.9. The summed E-state index contributed by atoms with van der Waals surface area (Å²) < 4.78 is 7.12. The van der Waals surface area contributed by atoms with E-state index in [4.69, 9.17) is 16.3 Å². The van der Waals surface area contributed by atoms with Gasteiger partial charge in [0.25, 0.3) is 5.91 Å². The molecule has 6 unspecified atom stereocenters. The molecule has 4 heterocycles. The van der Waals surface area contributed by atoms with Crippen LogP contribution >= 0.6 is 50.6 Å². The number of H-pyrrole nitrogens is 1. The van der Waals surface area contributed by atoms with Crippen molar-refractivity contribution < 1.29 is 19.1 Å². The van der Waals surface area contributed by atoms with E-state index in [1.807, 2.05) is 29.2 Å². The van der Waals surface area contributed by atoms with E-state index >= 15 is 0 Å². The fourth-order valence-electron chi connectivity index (χ4n) is 8.48. The van der Waals surface area contributed by atoms with E-state index in [2.05, 4.69) is 20.9 Å². The average Bonchev–Trinajstić information content (AvgIpc) is 3.76. The summed E-state index contributed by atoms with van der Waals surface area (Å²) in [7, 11) is 0. The van der Waals surface area contributed by atoms with Crippen molar-refractivity contribution in [2.75, 3.05) is 24.6 Å². The lowest BCUT2D eigenvalue weighted by atomic mass is 9.68. The van der Waals surface area contributed by atoms with E-state index in [1.54, 1.807) is 30.0 Å². The number of hydrogen-bond donors (Lipinski definition) is 1. The van der Waals surface area contributed by atoms with Gasteiger partial charge >= 0.3 is 4.87 Å². The van der Waals surface area contributed by atoms with Crippen LogP contribution < -0.4 is 14.5 Å². The first-order valence-electron chi connectivity index (χ1n) is 15.0. The van der Waals surface area contributed by atoms with Crippen LogP contribution in [0.5, 0.6) is 5.75 Å². The molecule has 44 heavy (non-hydrogen) atoms. The van der Waals surface area contributed by atoms with Gasteiger partial charge in [-0.3, -0.25) is 24.1 Å². The lowest BCUT2D eigenvalue weighted by Crippen LogP contribution is -2.43. The van der Waals surface area contributed by atoms with Crippen LogP contribution in [-0.2, 0) is 14.4 Å². The van der Waals surface area contributed by atoms with Gasteiger partial charge < -0.3 is 14.6 Å². The third kappa shape index (κ3) is 4.52. The van der Waals surface area contributed by atoms with Gasteiger partial charge in [0.2, 0.25) is 11.8 Å². The summed E-state index contributed by atoms with van der Waals surface area (Å²) in [5, 5.41) is 1.38. The summed E-state index contributed by atoms with van der Waals surface area (Å²) in [5.41, 5.74) is 1.41. The number of fused-ring (bicyclic) bond motifs is 9. The minimum Gasteiger partial charge on any atom is -0.483 e. The van der Waals surface area contributed by atoms with Gasteiger partial charge in [0.05, 0.1) is 22.5 Å². The van der Waals surface area contributed by atoms with Crippen LogP contribution in [0.15, 0.2) is 56.8 Å². The molecule has 8 rings (SSSR count). The number of nitrogens with zero attached hydrogens (tertiary/aromatic N) is 2. The zero-order valence-electron chi connectivity index (χ0n) is 23.5. The van der Waals surface area contributed by atoms with Gasteiger partial charge in [-0.1, -0.05) is 38.9 Å². The fraction of sp³-hybridized carbons (Fsp3) is 0.438. The first-order chi connectivity index (χ1) is 21.3. The summed E-state index contributed by atoms with van der Waals surface area (Å²) in [4.78, 5) is 60.7. The highest BCUT2D eigenvalue weighted by Crippen LogP contribution is 2.69. The Balaban J connectivity index is 1.16. The first kappa shape index (κ1) is 28.8. The minimum atomic E-state index is -0.415. The zero-order valence-corrected chi connectivity index (χ0v) is 27.5. The summed E-state index contributed by atoms with van der Waals surface area (Å²) in [6.45, 7) is 1.41. The van der Waals surface area contributed by atoms with E-state index < -0.39 is 5.92 Å². The number of rotatable bonds is 5. The molecule has 7 atom stereocenters. The number of halogens is 2. The zero-order chi connectivity index (χ0) is 30.3. The van der Waals surface area contributed by atoms with Crippen molar-refractivity contribution in [1.29, 1.82) is 0 Å². The number of thioether (sulfide) groups is 1. The van der Waals surface area contributed by atoms with Gasteiger partial charge in [-0.2, -0.15) is 0 Å². The van der Waals surface area contributed by atoms with Gasteiger partial charge in [0, 0.05) is 44.2 Å². The normalized spacial score (nSPS) is 30.4. The quantitative estimate of drug-likeness (QED) is 0.330. The van der Waals surface area contributed by atoms with Crippen molar-refractivity contribution >= 4 is 74.0 Å². The molecule has 0 spiro atoms. The van der Waals surface area contributed by atoms with Gasteiger partial charge in [0.1, 0.15) is 5.75 Å². The van der Waals surface area contributed by atoms with Crippen LogP contribution in [0, 0.1) is 29.6 Å². The maximum Gasteiger partial charge on any atom is 0.305 e. The number of piperidine rings is 1. The predicted molar refractivity (Wildman–Crippen MR) is 173 cm³/mol. The summed E-state index contributed by atoms with van der Waals surface area (Å²) in [6.07, 6.45) is 3.92. The molecule has 2 saturated heterocycles. The van der Waals surface area contributed by atoms with Crippen LogP contribution in [0.3, 0.4) is 0 Å². The number of anilines is 1. The smallest absolute Gasteiger partial charge is 0.305 e. The average molecular weight is 715 g/mol. The molecule has 2 aromatic carbocycles. The molecule has 3 amide bonds. The third-order valence-corrected chi connectivity index (χ3v) is 13.5. The van der Waals surface area contributed by atoms with Crippen molar-refractivity contribution in [3.8, 4) is 5.75 Å². The minimum absolute atomic E-state index is 0.000169. The Hall–Kier alpha value is -2.60. The number of carbonyl (C=O) groups excluding carboxylic acids is 3. The van der Waals surface area contributed by atoms with Crippen LogP contribution in [0.25, 0.3) is 0 Å². The number of amides is 3. The van der Waals surface area contributed by atoms with Crippen molar-refractivity contribution in [2.24, 2.45) is 29.6 Å². The van der Waals surface area contributed by atoms with Gasteiger partial charge in [0.15, 0.2) is 6.61 Å². The number of likely N-dealkylation sites (tertiary alicyclic amines) is 1. The molecular formula is C32H29BrClN3O5S2. The highest BCUT2D eigenvalue weighted by atomic mass is 79.9. The molecule has 2 aliphatic carbocycles. The summed E-state index contributed by atoms with van der Waals surface area (Å²) in [6, 6.07) is 12.7. The molecule has 0 radical (unpaired) electrons. The largest absolute Gasteiger partial charge is 0.483 e. The maximum atomic E-state index is 14.0. The van der Waals surface area contributed by atoms with E-state index in [0.29, 0.717) is 16.5 Å². The number of nitrogens with one attached hydrogen (secondary N) is 1. The SMILES string of the molecule is O=C(COc1ccc(Cl)cc1[C@H]1c2sc(=O)[nH]c2SC2C3CC(C4C(=O)N(c5ccc(Br)cc5)C(=O)C34)C21)N1CCCCC1. The van der Waals surface area contributed by atoms with E-state index in [0.717, 1.165) is 58.7 Å². The number of imide groups is 1. The Bertz CT molecular complexity index is 1740. The van der Waals surface area contributed by atoms with Gasteiger partial charge in [-0.25, -0.2) is 0 Å². The Kier molecular flexibility index (Phi) is 7.23. The lowest BCUT2D eigenvalue weighted by Gasteiger charge is -2.43. The van der Waals surface area contributed by atoms with Crippen LogP contribution in [0.1, 0.15) is 42.0 Å². The second-order valence-corrected chi connectivity index (χ2v) is 15.9. The molecule has 8 nitrogen and oxygen atoms in total. The molecule has 1 N–H and O–H groups in total. The standard InChI is InChI=1S/C32H29BrClN3O5S2/c33-15-4-7-17(8-5-15)37-30(39)25-19-13-20(26(25)31(37)40)27-24(19)23(28-29(43-27)35-32(41)44-28)18-12-16(34)6-9-21(18)42-14-22(38)36-10-2-1-3-11-36/h4-9,12,19-20,23-27H,1-3,10-11,13-14H2,(H,35,41)/t19?,20?,23-,24?,25?,26?,27?/m1/s1. The molecule has 12 heteroatoms. The number of ether oxygens (including phenoxy) is 1. The number of thiazole rings is 1. The lowest BCUT2D eigenvalue weighted by molar-refractivity contribution is -0.134. The van der Waals surface area contributed by atoms with E-state index in [-0.39, 0.29) is 64.0 Å². The highest BCUT2D eigenvalue weighted by Gasteiger charge is 2.69. The van der Waals surface area contributed by atoms with Crippen LogP contribution in [0.4, 0.5) is 5.69 Å². The second-order valence-electron chi connectivity index (χ2n) is 12.4. The van der Waals surface area contributed by atoms with Crippen molar-refractivity contribution in [2.45, 2.75) is 41.9 Å². The molecule has 4 fully saturated rings. The molecule has 5 aliphatic rings. The van der Waals surface area contributed by atoms with Crippen LogP contribution in [-0.4, -0.2) is 52.6 Å². The fourth-order valence-corrected chi connectivity index (χ4v) is 11.8. The molecule has 1 aromatic heterocycles. The third-order valence-electron chi connectivity index (χ3n) is 10.2. The number of benzene rings is 2. The highest BCUT2D eigenvalue weighted by molar-refractivity contribution is 9.10. The Morgan fingerprint density at radius 2 is 1.73 bits per heavy atom. The van der Waals surface area contributed by atoms with E-state index in [1.165, 1.54) is 16.2 Å². The molecule has 228 valence electrons. The Morgan fingerprint density at radius 3 is 2.48 bits per heavy atom. The maximum absolute atomic E-state index is 14.0. The molecule has 2 saturated carbocycles. The molecular weight excluding hydrogens is 686 g/mol. The van der Waals surface area contributed by atoms with Gasteiger partial charge in [-0.15, -0.1) is 11.8 Å². The van der Waals surface area contributed by atoms with Crippen molar-refractivity contribution in [1.82, 2.24) is 9.88 Å².